The predicted molar refractivity (Wildman–Crippen MR) is 99.5 cm³/mol. The monoisotopic (exact) mass is 329 g/mol. The molecule has 0 aliphatic carbocycles. The first-order chi connectivity index (χ1) is 12.3. The maximum absolute atomic E-state index is 6.00. The van der Waals surface area contributed by atoms with E-state index in [9.17, 15) is 0 Å². The summed E-state index contributed by atoms with van der Waals surface area (Å²) in [5, 5.41) is 0. The second-order valence-electron chi connectivity index (χ2n) is 6.15. The third-order valence-corrected chi connectivity index (χ3v) is 4.52. The first-order valence-corrected chi connectivity index (χ1v) is 8.57. The van der Waals surface area contributed by atoms with Crippen LogP contribution in [0.4, 0.5) is 0 Å². The van der Waals surface area contributed by atoms with E-state index in [1.165, 1.54) is 11.1 Å². The summed E-state index contributed by atoms with van der Waals surface area (Å²) in [5.41, 5.74) is 3.58. The number of imidazole rings is 1. The Kier molecular flexibility index (Phi) is 4.21. The molecule has 0 bridgehead atoms. The number of aromatic nitrogens is 2. The third kappa shape index (κ3) is 3.13. The van der Waals surface area contributed by atoms with Crippen molar-refractivity contribution in [1.29, 1.82) is 0 Å². The second kappa shape index (κ2) is 6.81. The Balaban J connectivity index is 1.73. The van der Waals surface area contributed by atoms with E-state index in [-0.39, 0.29) is 6.04 Å². The van der Waals surface area contributed by atoms with Crippen molar-refractivity contribution in [3.63, 3.8) is 0 Å². The highest BCUT2D eigenvalue weighted by Gasteiger charge is 2.24. The molecule has 1 atom stereocenters. The van der Waals surface area contributed by atoms with Gasteiger partial charge in [-0.15, -0.1) is 0 Å². The SMILES string of the molecule is CC(c1ccccc1)[n+]1c(COc2ccccc2)[nH]c2ccccc21. The number of para-hydroxylation sites is 3. The fraction of sp³-hybridized carbons (Fsp3) is 0.136. The molecule has 1 N–H and O–H groups in total. The van der Waals surface area contributed by atoms with E-state index in [1.807, 2.05) is 30.3 Å². The summed E-state index contributed by atoms with van der Waals surface area (Å²) in [5.74, 6) is 1.93. The summed E-state index contributed by atoms with van der Waals surface area (Å²) in [6, 6.07) is 29.1. The Morgan fingerprint density at radius 1 is 0.840 bits per heavy atom. The van der Waals surface area contributed by atoms with E-state index < -0.39 is 0 Å². The Hall–Kier alpha value is -3.07. The molecular formula is C22H21N2O+. The molecule has 0 aliphatic heterocycles. The van der Waals surface area contributed by atoms with Crippen molar-refractivity contribution in [3.05, 3.63) is 96.3 Å². The average Bonchev–Trinajstić information content (AvgIpc) is 3.05. The van der Waals surface area contributed by atoms with Crippen molar-refractivity contribution >= 4 is 11.0 Å². The van der Waals surface area contributed by atoms with Crippen LogP contribution in [0.2, 0.25) is 0 Å². The number of hydrogen-bond donors (Lipinski definition) is 1. The van der Waals surface area contributed by atoms with Gasteiger partial charge in [0.15, 0.2) is 17.6 Å². The summed E-state index contributed by atoms with van der Waals surface area (Å²) in [4.78, 5) is 3.52. The molecule has 0 fully saturated rings. The zero-order valence-corrected chi connectivity index (χ0v) is 14.2. The molecule has 0 amide bonds. The lowest BCUT2D eigenvalue weighted by atomic mass is 10.1. The van der Waals surface area contributed by atoms with Crippen molar-refractivity contribution in [1.82, 2.24) is 4.98 Å². The molecule has 3 nitrogen and oxygen atoms in total. The van der Waals surface area contributed by atoms with Crippen molar-refractivity contribution in [2.24, 2.45) is 0 Å². The number of benzene rings is 3. The zero-order chi connectivity index (χ0) is 17.1. The number of aromatic amines is 1. The van der Waals surface area contributed by atoms with Crippen LogP contribution in [-0.4, -0.2) is 4.98 Å². The zero-order valence-electron chi connectivity index (χ0n) is 14.2. The lowest BCUT2D eigenvalue weighted by molar-refractivity contribution is -0.694. The molecule has 124 valence electrons. The third-order valence-electron chi connectivity index (χ3n) is 4.52. The van der Waals surface area contributed by atoms with E-state index in [2.05, 4.69) is 71.1 Å². The van der Waals surface area contributed by atoms with E-state index >= 15 is 0 Å². The van der Waals surface area contributed by atoms with Crippen LogP contribution in [0.15, 0.2) is 84.9 Å². The summed E-state index contributed by atoms with van der Waals surface area (Å²) in [6.45, 7) is 2.72. The van der Waals surface area contributed by atoms with Gasteiger partial charge in [0.2, 0.25) is 0 Å². The van der Waals surface area contributed by atoms with Gasteiger partial charge in [-0.2, -0.15) is 0 Å². The van der Waals surface area contributed by atoms with Crippen LogP contribution in [0, 0.1) is 0 Å². The molecule has 1 heterocycles. The normalized spacial score (nSPS) is 12.2. The van der Waals surface area contributed by atoms with Crippen LogP contribution in [0.5, 0.6) is 5.75 Å². The van der Waals surface area contributed by atoms with Gasteiger partial charge in [-0.25, -0.2) is 9.55 Å². The van der Waals surface area contributed by atoms with E-state index in [0.717, 1.165) is 17.1 Å². The lowest BCUT2D eigenvalue weighted by Gasteiger charge is -2.12. The molecule has 3 aromatic carbocycles. The van der Waals surface area contributed by atoms with E-state index in [4.69, 9.17) is 4.74 Å². The fourth-order valence-corrected chi connectivity index (χ4v) is 3.25. The molecule has 0 aliphatic rings. The van der Waals surface area contributed by atoms with Gasteiger partial charge in [0, 0.05) is 0 Å². The van der Waals surface area contributed by atoms with Crippen LogP contribution in [0.3, 0.4) is 0 Å². The number of H-pyrrole nitrogens is 1. The summed E-state index contributed by atoms with van der Waals surface area (Å²) < 4.78 is 8.32. The molecule has 1 aromatic heterocycles. The highest BCUT2D eigenvalue weighted by atomic mass is 16.5. The smallest absolute Gasteiger partial charge is 0.294 e. The second-order valence-corrected chi connectivity index (χ2v) is 6.15. The molecule has 1 unspecified atom stereocenters. The van der Waals surface area contributed by atoms with Crippen LogP contribution in [0.1, 0.15) is 24.4 Å². The Bertz CT molecular complexity index is 961. The van der Waals surface area contributed by atoms with E-state index in [0.29, 0.717) is 6.61 Å². The van der Waals surface area contributed by atoms with Gasteiger partial charge >= 0.3 is 0 Å². The van der Waals surface area contributed by atoms with E-state index in [1.54, 1.807) is 0 Å². The van der Waals surface area contributed by atoms with Gasteiger partial charge in [0.25, 0.3) is 5.82 Å². The molecule has 0 saturated carbocycles. The summed E-state index contributed by atoms with van der Waals surface area (Å²) in [6.07, 6.45) is 0. The predicted octanol–water partition coefficient (Wildman–Crippen LogP) is 4.64. The minimum absolute atomic E-state index is 0.215. The van der Waals surface area contributed by atoms with Crippen LogP contribution in [0.25, 0.3) is 11.0 Å². The number of rotatable bonds is 5. The largest absolute Gasteiger partial charge is 0.481 e. The van der Waals surface area contributed by atoms with Gasteiger partial charge in [0.05, 0.1) is 0 Å². The average molecular weight is 329 g/mol. The van der Waals surface area contributed by atoms with Crippen molar-refractivity contribution in [3.8, 4) is 5.75 Å². The van der Waals surface area contributed by atoms with Crippen molar-refractivity contribution in [2.75, 3.05) is 0 Å². The van der Waals surface area contributed by atoms with Crippen LogP contribution >= 0.6 is 0 Å². The number of nitrogens with one attached hydrogen (secondary N) is 1. The van der Waals surface area contributed by atoms with Crippen molar-refractivity contribution < 1.29 is 9.30 Å². The van der Waals surface area contributed by atoms with Gasteiger partial charge in [-0.3, -0.25) is 0 Å². The molecule has 0 radical (unpaired) electrons. The number of hydrogen-bond acceptors (Lipinski definition) is 1. The Morgan fingerprint density at radius 3 is 2.24 bits per heavy atom. The first-order valence-electron chi connectivity index (χ1n) is 8.57. The van der Waals surface area contributed by atoms with Gasteiger partial charge in [-0.1, -0.05) is 60.7 Å². The topological polar surface area (TPSA) is 28.9 Å². The first kappa shape index (κ1) is 15.5. The minimum Gasteiger partial charge on any atom is -0.481 e. The maximum Gasteiger partial charge on any atom is 0.294 e. The fourth-order valence-electron chi connectivity index (χ4n) is 3.25. The molecule has 3 heteroatoms. The molecule has 4 rings (SSSR count). The molecule has 0 spiro atoms. The molecule has 4 aromatic rings. The maximum atomic E-state index is 6.00. The van der Waals surface area contributed by atoms with Crippen LogP contribution < -0.4 is 9.30 Å². The number of ether oxygens (including phenoxy) is 1. The van der Waals surface area contributed by atoms with Gasteiger partial charge < -0.3 is 4.74 Å². The highest BCUT2D eigenvalue weighted by molar-refractivity contribution is 5.71. The molecule has 0 saturated heterocycles. The Morgan fingerprint density at radius 2 is 1.48 bits per heavy atom. The molecular weight excluding hydrogens is 308 g/mol. The standard InChI is InChI=1S/C22H20N2O/c1-17(18-10-4-2-5-11-18)24-21-15-9-8-14-20(21)23-22(24)16-25-19-12-6-3-7-13-19/h2-15,17H,16H2,1H3/p+1. The van der Waals surface area contributed by atoms with Crippen molar-refractivity contribution in [2.45, 2.75) is 19.6 Å². The van der Waals surface area contributed by atoms with Gasteiger partial charge in [-0.05, 0) is 36.8 Å². The molecule has 25 heavy (non-hydrogen) atoms. The number of nitrogens with zero attached hydrogens (tertiary/aromatic N) is 1. The highest BCUT2D eigenvalue weighted by Crippen LogP contribution is 2.19. The quantitative estimate of drug-likeness (QED) is 0.531. The Labute approximate surface area is 147 Å². The summed E-state index contributed by atoms with van der Waals surface area (Å²) >= 11 is 0. The minimum atomic E-state index is 0.215. The summed E-state index contributed by atoms with van der Waals surface area (Å²) in [7, 11) is 0. The van der Waals surface area contributed by atoms with Crippen LogP contribution in [-0.2, 0) is 6.61 Å². The van der Waals surface area contributed by atoms with Gasteiger partial charge in [0.1, 0.15) is 11.8 Å². The lowest BCUT2D eigenvalue weighted by Crippen LogP contribution is -2.42. The number of fused-ring (bicyclic) bond motifs is 1.